The van der Waals surface area contributed by atoms with Crippen LogP contribution in [0.1, 0.15) is 18.9 Å². The van der Waals surface area contributed by atoms with Crippen LogP contribution in [0.3, 0.4) is 0 Å². The van der Waals surface area contributed by atoms with E-state index in [4.69, 9.17) is 9.47 Å². The summed E-state index contributed by atoms with van der Waals surface area (Å²) in [5, 5.41) is 3.32. The second-order valence-corrected chi connectivity index (χ2v) is 4.17. The van der Waals surface area contributed by atoms with E-state index in [9.17, 15) is 0 Å². The minimum absolute atomic E-state index is 0.589. The maximum absolute atomic E-state index is 5.78. The maximum Gasteiger partial charge on any atom is 0.124 e. The number of methoxy groups -OCH3 is 1. The van der Waals surface area contributed by atoms with E-state index >= 15 is 0 Å². The topological polar surface area (TPSA) is 30.5 Å². The summed E-state index contributed by atoms with van der Waals surface area (Å²) in [6.45, 7) is 8.97. The number of hydrogen-bond acceptors (Lipinski definition) is 3. The molecule has 0 aliphatic heterocycles. The van der Waals surface area contributed by atoms with Crippen molar-refractivity contribution in [2.24, 2.45) is 0 Å². The summed E-state index contributed by atoms with van der Waals surface area (Å²) in [5.74, 6) is 0.928. The zero-order valence-corrected chi connectivity index (χ0v) is 11.4. The zero-order chi connectivity index (χ0) is 13.2. The Morgan fingerprint density at radius 3 is 2.83 bits per heavy atom. The Morgan fingerprint density at radius 2 is 2.11 bits per heavy atom. The first-order valence-corrected chi connectivity index (χ1v) is 6.35. The molecule has 0 aliphatic carbocycles. The van der Waals surface area contributed by atoms with Gasteiger partial charge in [-0.25, -0.2) is 0 Å². The molecule has 1 N–H and O–H groups in total. The summed E-state index contributed by atoms with van der Waals surface area (Å²) in [5.41, 5.74) is 2.27. The molecule has 0 unspecified atom stereocenters. The van der Waals surface area contributed by atoms with Crippen molar-refractivity contribution in [3.63, 3.8) is 0 Å². The Bertz CT molecular complexity index is 363. The molecule has 0 heterocycles. The lowest BCUT2D eigenvalue weighted by Gasteiger charge is -2.12. The number of hydrogen-bond donors (Lipinski definition) is 1. The minimum Gasteiger partial charge on any atom is -0.489 e. The monoisotopic (exact) mass is 249 g/mol. The Labute approximate surface area is 110 Å². The van der Waals surface area contributed by atoms with Crippen molar-refractivity contribution in [1.29, 1.82) is 0 Å². The van der Waals surface area contributed by atoms with Crippen LogP contribution in [-0.4, -0.2) is 26.9 Å². The van der Waals surface area contributed by atoms with Crippen molar-refractivity contribution in [2.75, 3.05) is 26.9 Å². The van der Waals surface area contributed by atoms with Crippen LogP contribution in [0, 0.1) is 0 Å². The average molecular weight is 249 g/mol. The predicted octanol–water partition coefficient (Wildman–Crippen LogP) is 2.77. The quantitative estimate of drug-likeness (QED) is 0.539. The van der Waals surface area contributed by atoms with E-state index in [2.05, 4.69) is 24.9 Å². The highest BCUT2D eigenvalue weighted by Crippen LogP contribution is 2.18. The highest BCUT2D eigenvalue weighted by molar-refractivity contribution is 5.33. The third kappa shape index (κ3) is 5.34. The fourth-order valence-corrected chi connectivity index (χ4v) is 1.47. The van der Waals surface area contributed by atoms with Gasteiger partial charge in [-0.3, -0.25) is 0 Å². The summed E-state index contributed by atoms with van der Waals surface area (Å²) in [6.07, 6.45) is 0.953. The van der Waals surface area contributed by atoms with Crippen molar-refractivity contribution >= 4 is 0 Å². The number of rotatable bonds is 9. The van der Waals surface area contributed by atoms with Crippen molar-refractivity contribution in [3.8, 4) is 5.75 Å². The molecule has 0 aliphatic rings. The Kier molecular flexibility index (Phi) is 7.14. The van der Waals surface area contributed by atoms with E-state index in [1.165, 1.54) is 0 Å². The summed E-state index contributed by atoms with van der Waals surface area (Å²) in [6, 6.07) is 8.08. The molecule has 0 atom stereocenters. The number of ether oxygens (including phenoxy) is 2. The van der Waals surface area contributed by atoms with Crippen LogP contribution in [0.25, 0.3) is 0 Å². The van der Waals surface area contributed by atoms with E-state index in [1.54, 1.807) is 7.11 Å². The standard InChI is InChI=1S/C15H23NO2/c1-4-13(2)12-18-15-8-6-5-7-14(15)11-16-9-10-17-3/h5-8,16H,2,4,9-12H2,1,3H3. The molecule has 1 rings (SSSR count). The molecule has 18 heavy (non-hydrogen) atoms. The molecule has 0 radical (unpaired) electrons. The van der Waals surface area contributed by atoms with Crippen LogP contribution in [0.4, 0.5) is 0 Å². The summed E-state index contributed by atoms with van der Waals surface area (Å²) < 4.78 is 10.8. The molecule has 0 fully saturated rings. The van der Waals surface area contributed by atoms with E-state index in [0.717, 1.165) is 43.0 Å². The largest absolute Gasteiger partial charge is 0.489 e. The van der Waals surface area contributed by atoms with Crippen molar-refractivity contribution in [1.82, 2.24) is 5.32 Å². The number of benzene rings is 1. The van der Waals surface area contributed by atoms with E-state index in [0.29, 0.717) is 6.61 Å². The molecule has 3 nitrogen and oxygen atoms in total. The predicted molar refractivity (Wildman–Crippen MR) is 75.0 cm³/mol. The SMILES string of the molecule is C=C(CC)COc1ccccc1CNCCOC. The highest BCUT2D eigenvalue weighted by Gasteiger charge is 2.02. The normalized spacial score (nSPS) is 10.3. The van der Waals surface area contributed by atoms with Crippen molar-refractivity contribution in [2.45, 2.75) is 19.9 Å². The fourth-order valence-electron chi connectivity index (χ4n) is 1.47. The van der Waals surface area contributed by atoms with Gasteiger partial charge in [-0.2, -0.15) is 0 Å². The van der Waals surface area contributed by atoms with Gasteiger partial charge in [0.15, 0.2) is 0 Å². The fraction of sp³-hybridized carbons (Fsp3) is 0.467. The van der Waals surface area contributed by atoms with Crippen LogP contribution in [0.15, 0.2) is 36.4 Å². The third-order valence-corrected chi connectivity index (χ3v) is 2.70. The Morgan fingerprint density at radius 1 is 1.33 bits per heavy atom. The first-order valence-electron chi connectivity index (χ1n) is 6.35. The lowest BCUT2D eigenvalue weighted by atomic mass is 10.2. The molecule has 0 saturated carbocycles. The van der Waals surface area contributed by atoms with Crippen molar-refractivity contribution in [3.05, 3.63) is 42.0 Å². The average Bonchev–Trinajstić information content (AvgIpc) is 2.42. The van der Waals surface area contributed by atoms with Gasteiger partial charge in [0.1, 0.15) is 12.4 Å². The molecular formula is C15H23NO2. The summed E-state index contributed by atoms with van der Waals surface area (Å²) in [7, 11) is 1.70. The van der Waals surface area contributed by atoms with Crippen LogP contribution in [-0.2, 0) is 11.3 Å². The van der Waals surface area contributed by atoms with Gasteiger partial charge in [0.05, 0.1) is 6.61 Å². The molecular weight excluding hydrogens is 226 g/mol. The lowest BCUT2D eigenvalue weighted by Crippen LogP contribution is -2.19. The molecule has 0 aromatic heterocycles. The van der Waals surface area contributed by atoms with E-state index < -0.39 is 0 Å². The number of nitrogens with one attached hydrogen (secondary N) is 1. The molecule has 0 bridgehead atoms. The Balaban J connectivity index is 2.48. The van der Waals surface area contributed by atoms with Gasteiger partial charge < -0.3 is 14.8 Å². The van der Waals surface area contributed by atoms with Crippen LogP contribution < -0.4 is 10.1 Å². The first kappa shape index (κ1) is 14.7. The molecule has 1 aromatic rings. The van der Waals surface area contributed by atoms with Gasteiger partial charge in [0, 0.05) is 25.8 Å². The van der Waals surface area contributed by atoms with Gasteiger partial charge in [0.2, 0.25) is 0 Å². The maximum atomic E-state index is 5.78. The second kappa shape index (κ2) is 8.72. The van der Waals surface area contributed by atoms with E-state index in [-0.39, 0.29) is 0 Å². The zero-order valence-electron chi connectivity index (χ0n) is 11.4. The summed E-state index contributed by atoms with van der Waals surface area (Å²) in [4.78, 5) is 0. The molecule has 1 aromatic carbocycles. The second-order valence-electron chi connectivity index (χ2n) is 4.17. The van der Waals surface area contributed by atoms with Gasteiger partial charge in [0.25, 0.3) is 0 Å². The van der Waals surface area contributed by atoms with Gasteiger partial charge in [-0.15, -0.1) is 0 Å². The smallest absolute Gasteiger partial charge is 0.124 e. The highest BCUT2D eigenvalue weighted by atomic mass is 16.5. The lowest BCUT2D eigenvalue weighted by molar-refractivity contribution is 0.199. The van der Waals surface area contributed by atoms with Gasteiger partial charge >= 0.3 is 0 Å². The van der Waals surface area contributed by atoms with Gasteiger partial charge in [-0.05, 0) is 18.1 Å². The molecule has 0 amide bonds. The number of para-hydroxylation sites is 1. The molecule has 100 valence electrons. The molecule has 0 saturated heterocycles. The third-order valence-electron chi connectivity index (χ3n) is 2.70. The van der Waals surface area contributed by atoms with Crippen LogP contribution in [0.5, 0.6) is 5.75 Å². The Hall–Kier alpha value is -1.32. The van der Waals surface area contributed by atoms with E-state index in [1.807, 2.05) is 18.2 Å². The van der Waals surface area contributed by atoms with Crippen LogP contribution >= 0.6 is 0 Å². The molecule has 3 heteroatoms. The van der Waals surface area contributed by atoms with Gasteiger partial charge in [-0.1, -0.05) is 31.7 Å². The minimum atomic E-state index is 0.589. The van der Waals surface area contributed by atoms with Crippen LogP contribution in [0.2, 0.25) is 0 Å². The summed E-state index contributed by atoms with van der Waals surface area (Å²) >= 11 is 0. The first-order chi connectivity index (χ1) is 8.77. The molecule has 0 spiro atoms. The van der Waals surface area contributed by atoms with Crippen molar-refractivity contribution < 1.29 is 9.47 Å².